The molecule has 92 valence electrons. The van der Waals surface area contributed by atoms with Crippen molar-refractivity contribution < 1.29 is 9.47 Å². The average molecular weight is 254 g/mol. The monoisotopic (exact) mass is 253 g/mol. The van der Waals surface area contributed by atoms with E-state index >= 15 is 0 Å². The van der Waals surface area contributed by atoms with E-state index in [1.807, 2.05) is 19.9 Å². The summed E-state index contributed by atoms with van der Waals surface area (Å²) in [7, 11) is 0. The van der Waals surface area contributed by atoms with Crippen LogP contribution in [-0.4, -0.2) is 17.2 Å². The maximum absolute atomic E-state index is 6.04. The van der Waals surface area contributed by atoms with Gasteiger partial charge in [0.15, 0.2) is 0 Å². The molecule has 0 amide bonds. The number of rotatable bonds is 0. The van der Waals surface area contributed by atoms with Gasteiger partial charge in [-0.25, -0.2) is 4.98 Å². The van der Waals surface area contributed by atoms with E-state index in [2.05, 4.69) is 11.9 Å². The fourth-order valence-electron chi connectivity index (χ4n) is 2.75. The van der Waals surface area contributed by atoms with Gasteiger partial charge in [0.05, 0.1) is 12.2 Å². The molecule has 0 aromatic carbocycles. The molecule has 1 spiro atoms. The highest BCUT2D eigenvalue weighted by Gasteiger charge is 2.51. The van der Waals surface area contributed by atoms with E-state index in [0.717, 1.165) is 18.5 Å². The lowest BCUT2D eigenvalue weighted by atomic mass is 10.1. The minimum atomic E-state index is -0.649. The molecule has 0 radical (unpaired) electrons. The van der Waals surface area contributed by atoms with Gasteiger partial charge in [-0.15, -0.1) is 0 Å². The number of pyridine rings is 1. The van der Waals surface area contributed by atoms with E-state index in [-0.39, 0.29) is 12.2 Å². The molecule has 1 aromatic heterocycles. The van der Waals surface area contributed by atoms with Crippen molar-refractivity contribution in [2.45, 2.75) is 51.6 Å². The summed E-state index contributed by atoms with van der Waals surface area (Å²) in [6.07, 6.45) is 1.99. The smallest absolute Gasteiger partial charge is 0.213 e. The summed E-state index contributed by atoms with van der Waals surface area (Å²) in [4.78, 5) is 4.43. The van der Waals surface area contributed by atoms with Crippen LogP contribution in [0.15, 0.2) is 6.07 Å². The summed E-state index contributed by atoms with van der Waals surface area (Å²) >= 11 is 6.04. The highest BCUT2D eigenvalue weighted by molar-refractivity contribution is 6.29. The second-order valence-electron chi connectivity index (χ2n) is 4.99. The van der Waals surface area contributed by atoms with Gasteiger partial charge in [-0.2, -0.15) is 0 Å². The van der Waals surface area contributed by atoms with Crippen molar-refractivity contribution in [2.24, 2.45) is 0 Å². The van der Waals surface area contributed by atoms with Crippen molar-refractivity contribution >= 4 is 11.6 Å². The van der Waals surface area contributed by atoms with Gasteiger partial charge in [0.25, 0.3) is 0 Å². The number of aryl methyl sites for hydroxylation is 1. The second kappa shape index (κ2) is 3.67. The zero-order chi connectivity index (χ0) is 12.2. The van der Waals surface area contributed by atoms with Crippen molar-refractivity contribution in [1.29, 1.82) is 0 Å². The molecule has 2 aliphatic rings. The van der Waals surface area contributed by atoms with Crippen molar-refractivity contribution in [3.05, 3.63) is 28.0 Å². The normalized spacial score (nSPS) is 29.9. The topological polar surface area (TPSA) is 31.4 Å². The highest BCUT2D eigenvalue weighted by Crippen LogP contribution is 2.47. The van der Waals surface area contributed by atoms with E-state index in [0.29, 0.717) is 5.15 Å². The fraction of sp³-hybridized carbons (Fsp3) is 0.615. The molecule has 1 aliphatic carbocycles. The molecule has 3 nitrogen and oxygen atoms in total. The summed E-state index contributed by atoms with van der Waals surface area (Å²) in [6.45, 7) is 6.14. The fourth-order valence-corrected chi connectivity index (χ4v) is 3.00. The van der Waals surface area contributed by atoms with Gasteiger partial charge in [0, 0.05) is 6.42 Å². The third kappa shape index (κ3) is 1.60. The molecule has 3 rings (SSSR count). The average Bonchev–Trinajstić information content (AvgIpc) is 2.71. The third-order valence-electron chi connectivity index (χ3n) is 3.79. The Morgan fingerprint density at radius 1 is 1.35 bits per heavy atom. The van der Waals surface area contributed by atoms with Crippen LogP contribution in [0.1, 0.15) is 37.1 Å². The van der Waals surface area contributed by atoms with Gasteiger partial charge in [0.2, 0.25) is 5.79 Å². The Hall–Kier alpha value is -0.640. The van der Waals surface area contributed by atoms with Crippen molar-refractivity contribution in [3.8, 4) is 0 Å². The Morgan fingerprint density at radius 3 is 2.65 bits per heavy atom. The van der Waals surface area contributed by atoms with Crippen LogP contribution in [0, 0.1) is 6.92 Å². The van der Waals surface area contributed by atoms with E-state index in [4.69, 9.17) is 21.1 Å². The van der Waals surface area contributed by atoms with E-state index in [9.17, 15) is 0 Å². The molecule has 0 unspecified atom stereocenters. The summed E-state index contributed by atoms with van der Waals surface area (Å²) in [6, 6.07) is 1.90. The second-order valence-corrected chi connectivity index (χ2v) is 5.38. The predicted molar refractivity (Wildman–Crippen MR) is 65.1 cm³/mol. The first-order valence-corrected chi connectivity index (χ1v) is 6.42. The summed E-state index contributed by atoms with van der Waals surface area (Å²) < 4.78 is 12.0. The molecular weight excluding hydrogens is 238 g/mol. The number of fused-ring (bicyclic) bond motifs is 2. The van der Waals surface area contributed by atoms with Crippen molar-refractivity contribution in [2.75, 3.05) is 0 Å². The molecular formula is C13H16ClNO2. The molecule has 2 heterocycles. The molecule has 4 heteroatoms. The predicted octanol–water partition coefficient (Wildman–Crippen LogP) is 2.97. The largest absolute Gasteiger partial charge is 0.339 e. The molecule has 1 aliphatic heterocycles. The number of nitrogens with zero attached hydrogens (tertiary/aromatic N) is 1. The Morgan fingerprint density at radius 2 is 2.00 bits per heavy atom. The number of ether oxygens (including phenoxy) is 2. The van der Waals surface area contributed by atoms with Gasteiger partial charge >= 0.3 is 0 Å². The van der Waals surface area contributed by atoms with E-state index < -0.39 is 5.79 Å². The van der Waals surface area contributed by atoms with Crippen LogP contribution in [-0.2, 0) is 21.7 Å². The standard InChI is InChI=1S/C13H16ClNO2/c1-7-6-11(14)15-12-10(7)4-5-13(12)16-8(2)9(3)17-13/h6,8-9H,4-5H2,1-3H3/t8-,9-/m1/s1. The number of halogens is 1. The highest BCUT2D eigenvalue weighted by atomic mass is 35.5. The lowest BCUT2D eigenvalue weighted by Gasteiger charge is -2.23. The Balaban J connectivity index is 2.10. The summed E-state index contributed by atoms with van der Waals surface area (Å²) in [5, 5.41) is 0.516. The van der Waals surface area contributed by atoms with Gasteiger partial charge in [-0.05, 0) is 44.4 Å². The number of aromatic nitrogens is 1. The maximum Gasteiger partial charge on any atom is 0.213 e. The molecule has 1 fully saturated rings. The lowest BCUT2D eigenvalue weighted by Crippen LogP contribution is -2.26. The van der Waals surface area contributed by atoms with Crippen LogP contribution < -0.4 is 0 Å². The van der Waals surface area contributed by atoms with E-state index in [1.165, 1.54) is 11.1 Å². The first kappa shape index (κ1) is 11.5. The Bertz CT molecular complexity index is 465. The maximum atomic E-state index is 6.04. The van der Waals surface area contributed by atoms with Crippen LogP contribution in [0.2, 0.25) is 5.15 Å². The summed E-state index contributed by atoms with van der Waals surface area (Å²) in [5.74, 6) is -0.649. The van der Waals surface area contributed by atoms with Gasteiger partial charge in [0.1, 0.15) is 10.8 Å². The lowest BCUT2D eigenvalue weighted by molar-refractivity contribution is -0.182. The van der Waals surface area contributed by atoms with Crippen molar-refractivity contribution in [3.63, 3.8) is 0 Å². The number of hydrogen-bond donors (Lipinski definition) is 0. The third-order valence-corrected chi connectivity index (χ3v) is 3.99. The van der Waals surface area contributed by atoms with Crippen LogP contribution in [0.4, 0.5) is 0 Å². The van der Waals surface area contributed by atoms with Gasteiger partial charge in [-0.1, -0.05) is 11.6 Å². The first-order valence-electron chi connectivity index (χ1n) is 6.04. The molecule has 0 bridgehead atoms. The SMILES string of the molecule is Cc1cc(Cl)nc2c1CCC21O[C@H](C)[C@@H](C)O1. The Labute approximate surface area is 106 Å². The van der Waals surface area contributed by atoms with Crippen LogP contribution in [0.3, 0.4) is 0 Å². The minimum absolute atomic E-state index is 0.0991. The van der Waals surface area contributed by atoms with Crippen LogP contribution in [0.25, 0.3) is 0 Å². The molecule has 1 saturated heterocycles. The molecule has 17 heavy (non-hydrogen) atoms. The Kier molecular flexibility index (Phi) is 2.47. The number of hydrogen-bond acceptors (Lipinski definition) is 3. The molecule has 0 N–H and O–H groups in total. The van der Waals surface area contributed by atoms with E-state index in [1.54, 1.807) is 0 Å². The van der Waals surface area contributed by atoms with Crippen LogP contribution in [0.5, 0.6) is 0 Å². The van der Waals surface area contributed by atoms with Crippen LogP contribution >= 0.6 is 11.6 Å². The van der Waals surface area contributed by atoms with Crippen molar-refractivity contribution in [1.82, 2.24) is 4.98 Å². The molecule has 0 saturated carbocycles. The zero-order valence-corrected chi connectivity index (χ0v) is 11.0. The van der Waals surface area contributed by atoms with Gasteiger partial charge < -0.3 is 9.47 Å². The quantitative estimate of drug-likeness (QED) is 0.666. The first-order chi connectivity index (χ1) is 8.02. The summed E-state index contributed by atoms with van der Waals surface area (Å²) in [5.41, 5.74) is 3.30. The zero-order valence-electron chi connectivity index (χ0n) is 10.3. The van der Waals surface area contributed by atoms with Gasteiger partial charge in [-0.3, -0.25) is 0 Å². The minimum Gasteiger partial charge on any atom is -0.339 e. The molecule has 1 aromatic rings. The molecule has 2 atom stereocenters.